The van der Waals surface area contributed by atoms with Gasteiger partial charge in [-0.25, -0.2) is 0 Å². The van der Waals surface area contributed by atoms with Crippen LogP contribution in [-0.2, 0) is 0 Å². The Hall–Kier alpha value is -0.0800. The molecular formula is C6H16N2+2. The van der Waals surface area contributed by atoms with Crippen LogP contribution in [0.25, 0.3) is 0 Å². The minimum Gasteiger partial charge on any atom is -0.337 e. The molecule has 0 saturated carbocycles. The molecule has 48 valence electrons. The zero-order chi connectivity index (χ0) is 6.04. The second-order valence-electron chi connectivity index (χ2n) is 3.25. The van der Waals surface area contributed by atoms with Crippen molar-refractivity contribution in [3.05, 3.63) is 0 Å². The van der Waals surface area contributed by atoms with Crippen LogP contribution >= 0.6 is 0 Å². The van der Waals surface area contributed by atoms with E-state index in [1.165, 1.54) is 30.7 Å². The van der Waals surface area contributed by atoms with Gasteiger partial charge in [0.1, 0.15) is 26.2 Å². The highest BCUT2D eigenvalue weighted by Gasteiger charge is 2.19. The standard InChI is InChI=1S/C6H15N2/c1-8(2)5-3-7-4-6-8/h7H,3-6H2,1-2H3/q+1/p+1. The Morgan fingerprint density at radius 1 is 1.12 bits per heavy atom. The predicted molar refractivity (Wildman–Crippen MR) is 33.5 cm³/mol. The van der Waals surface area contributed by atoms with E-state index in [1.807, 2.05) is 0 Å². The van der Waals surface area contributed by atoms with Crippen molar-refractivity contribution >= 4 is 0 Å². The lowest BCUT2D eigenvalue weighted by atomic mass is 10.3. The van der Waals surface area contributed by atoms with Crippen molar-refractivity contribution in [1.82, 2.24) is 0 Å². The lowest BCUT2D eigenvalue weighted by Crippen LogP contribution is -2.91. The molecule has 8 heavy (non-hydrogen) atoms. The first-order valence-electron chi connectivity index (χ1n) is 3.34. The zero-order valence-electron chi connectivity index (χ0n) is 5.85. The molecule has 1 saturated heterocycles. The van der Waals surface area contributed by atoms with Gasteiger partial charge < -0.3 is 9.80 Å². The highest BCUT2D eigenvalue weighted by atomic mass is 15.3. The summed E-state index contributed by atoms with van der Waals surface area (Å²) in [6, 6.07) is 0. The van der Waals surface area contributed by atoms with Gasteiger partial charge in [0.05, 0.1) is 14.1 Å². The first-order chi connectivity index (χ1) is 3.71. The van der Waals surface area contributed by atoms with Gasteiger partial charge in [-0.2, -0.15) is 0 Å². The van der Waals surface area contributed by atoms with Gasteiger partial charge in [0, 0.05) is 0 Å². The highest BCUT2D eigenvalue weighted by molar-refractivity contribution is 4.35. The molecule has 0 radical (unpaired) electrons. The van der Waals surface area contributed by atoms with E-state index in [4.69, 9.17) is 0 Å². The summed E-state index contributed by atoms with van der Waals surface area (Å²) in [7, 11) is 4.60. The molecular weight excluding hydrogens is 100 g/mol. The molecule has 1 aliphatic heterocycles. The molecule has 0 aromatic heterocycles. The van der Waals surface area contributed by atoms with Crippen LogP contribution < -0.4 is 5.32 Å². The van der Waals surface area contributed by atoms with Gasteiger partial charge in [-0.3, -0.25) is 0 Å². The first kappa shape index (κ1) is 6.05. The van der Waals surface area contributed by atoms with Crippen molar-refractivity contribution in [3.63, 3.8) is 0 Å². The zero-order valence-corrected chi connectivity index (χ0v) is 5.85. The van der Waals surface area contributed by atoms with Crippen molar-refractivity contribution in [3.8, 4) is 0 Å². The van der Waals surface area contributed by atoms with Crippen LogP contribution in [0.5, 0.6) is 0 Å². The fraction of sp³-hybridized carbons (Fsp3) is 1.00. The number of rotatable bonds is 0. The minimum absolute atomic E-state index is 1.22. The van der Waals surface area contributed by atoms with Gasteiger partial charge in [0.15, 0.2) is 0 Å². The van der Waals surface area contributed by atoms with E-state index in [9.17, 15) is 0 Å². The van der Waals surface area contributed by atoms with Crippen molar-refractivity contribution in [1.29, 1.82) is 0 Å². The fourth-order valence-corrected chi connectivity index (χ4v) is 1.14. The Labute approximate surface area is 51.1 Å². The third-order valence-electron chi connectivity index (χ3n) is 1.88. The molecule has 0 amide bonds. The molecule has 0 aromatic carbocycles. The quantitative estimate of drug-likeness (QED) is 0.376. The number of nitrogens with two attached hydrogens (primary N) is 1. The Bertz CT molecular complexity index is 70.6. The van der Waals surface area contributed by atoms with Crippen LogP contribution in [0.4, 0.5) is 0 Å². The minimum atomic E-state index is 1.22. The molecule has 0 bridgehead atoms. The molecule has 1 rings (SSSR count). The molecule has 0 atom stereocenters. The molecule has 1 fully saturated rings. The summed E-state index contributed by atoms with van der Waals surface area (Å²) in [5.74, 6) is 0. The van der Waals surface area contributed by atoms with Crippen LogP contribution in [0.2, 0.25) is 0 Å². The van der Waals surface area contributed by atoms with E-state index in [0.29, 0.717) is 0 Å². The summed E-state index contributed by atoms with van der Waals surface area (Å²) in [5.41, 5.74) is 0. The molecule has 1 aliphatic rings. The van der Waals surface area contributed by atoms with E-state index in [2.05, 4.69) is 19.4 Å². The van der Waals surface area contributed by atoms with Crippen molar-refractivity contribution < 1.29 is 9.80 Å². The van der Waals surface area contributed by atoms with Crippen LogP contribution in [0.3, 0.4) is 0 Å². The van der Waals surface area contributed by atoms with E-state index in [0.717, 1.165) is 0 Å². The average Bonchev–Trinajstić information content (AvgIpc) is 1.65. The smallest absolute Gasteiger partial charge is 0.128 e. The maximum Gasteiger partial charge on any atom is 0.128 e. The monoisotopic (exact) mass is 116 g/mol. The summed E-state index contributed by atoms with van der Waals surface area (Å²) in [6.07, 6.45) is 0. The Morgan fingerprint density at radius 2 is 1.62 bits per heavy atom. The van der Waals surface area contributed by atoms with E-state index >= 15 is 0 Å². The van der Waals surface area contributed by atoms with E-state index in [1.54, 1.807) is 0 Å². The summed E-state index contributed by atoms with van der Waals surface area (Å²) >= 11 is 0. The fourth-order valence-electron chi connectivity index (χ4n) is 1.14. The highest BCUT2D eigenvalue weighted by Crippen LogP contribution is 1.93. The second-order valence-corrected chi connectivity index (χ2v) is 3.25. The van der Waals surface area contributed by atoms with Gasteiger partial charge in [-0.05, 0) is 0 Å². The van der Waals surface area contributed by atoms with Gasteiger partial charge in [-0.15, -0.1) is 0 Å². The first-order valence-corrected chi connectivity index (χ1v) is 3.34. The normalized spacial score (nSPS) is 27.8. The molecule has 0 aromatic rings. The molecule has 2 heteroatoms. The lowest BCUT2D eigenvalue weighted by Gasteiger charge is -2.31. The lowest BCUT2D eigenvalue weighted by molar-refractivity contribution is -0.937. The van der Waals surface area contributed by atoms with Gasteiger partial charge in [0.2, 0.25) is 0 Å². The van der Waals surface area contributed by atoms with Crippen LogP contribution in [0.1, 0.15) is 0 Å². The molecule has 2 N–H and O–H groups in total. The van der Waals surface area contributed by atoms with Gasteiger partial charge in [0.25, 0.3) is 0 Å². The number of hydrogen-bond donors (Lipinski definition) is 1. The van der Waals surface area contributed by atoms with Crippen molar-refractivity contribution in [2.75, 3.05) is 40.3 Å². The molecule has 1 heterocycles. The third-order valence-corrected chi connectivity index (χ3v) is 1.88. The van der Waals surface area contributed by atoms with Gasteiger partial charge >= 0.3 is 0 Å². The maximum atomic E-state index is 2.39. The predicted octanol–water partition coefficient (Wildman–Crippen LogP) is -1.36. The topological polar surface area (TPSA) is 16.6 Å². The Morgan fingerprint density at radius 3 is 1.88 bits per heavy atom. The molecule has 2 nitrogen and oxygen atoms in total. The number of hydrogen-bond acceptors (Lipinski definition) is 0. The third kappa shape index (κ3) is 1.46. The number of nitrogens with zero attached hydrogens (tertiary/aromatic N) is 1. The maximum absolute atomic E-state index is 2.39. The summed E-state index contributed by atoms with van der Waals surface area (Å²) < 4.78 is 1.22. The largest absolute Gasteiger partial charge is 0.337 e. The number of quaternary nitrogens is 2. The van der Waals surface area contributed by atoms with E-state index in [-0.39, 0.29) is 0 Å². The van der Waals surface area contributed by atoms with E-state index < -0.39 is 0 Å². The second kappa shape index (κ2) is 2.03. The van der Waals surface area contributed by atoms with Crippen LogP contribution in [0.15, 0.2) is 0 Å². The number of likely N-dealkylation sites (N-methyl/N-ethyl adjacent to an activating group) is 1. The Kier molecular flexibility index (Phi) is 1.54. The van der Waals surface area contributed by atoms with Crippen molar-refractivity contribution in [2.45, 2.75) is 0 Å². The molecule has 0 unspecified atom stereocenters. The summed E-state index contributed by atoms with van der Waals surface area (Å²) in [6.45, 7) is 5.29. The van der Waals surface area contributed by atoms with Crippen molar-refractivity contribution in [2.24, 2.45) is 0 Å². The summed E-state index contributed by atoms with van der Waals surface area (Å²) in [4.78, 5) is 0. The Balaban J connectivity index is 2.33. The summed E-state index contributed by atoms with van der Waals surface area (Å²) in [5, 5.41) is 2.39. The molecule has 0 aliphatic carbocycles. The average molecular weight is 116 g/mol. The number of piperazine rings is 1. The molecule has 0 spiro atoms. The van der Waals surface area contributed by atoms with Crippen LogP contribution in [0, 0.1) is 0 Å². The van der Waals surface area contributed by atoms with Crippen LogP contribution in [-0.4, -0.2) is 44.8 Å². The SMILES string of the molecule is C[N+]1(C)CC[NH2+]CC1. The van der Waals surface area contributed by atoms with Gasteiger partial charge in [-0.1, -0.05) is 0 Å².